The Morgan fingerprint density at radius 3 is 2.46 bits per heavy atom. The van der Waals surface area contributed by atoms with Gasteiger partial charge in [-0.2, -0.15) is 0 Å². The van der Waals surface area contributed by atoms with Gasteiger partial charge < -0.3 is 30.5 Å². The van der Waals surface area contributed by atoms with Crippen LogP contribution in [0.3, 0.4) is 0 Å². The number of unbranched alkanes of at least 4 members (excludes halogenated alkanes) is 5. The van der Waals surface area contributed by atoms with Crippen LogP contribution in [0, 0.1) is 0 Å². The van der Waals surface area contributed by atoms with Crippen molar-refractivity contribution in [3.8, 4) is 11.5 Å². The van der Waals surface area contributed by atoms with E-state index in [-0.39, 0.29) is 16.5 Å². The van der Waals surface area contributed by atoms with E-state index in [0.717, 1.165) is 30.1 Å². The number of nitrogens with one attached hydrogen (secondary N) is 1. The van der Waals surface area contributed by atoms with Gasteiger partial charge in [-0.05, 0) is 49.9 Å². The molecule has 12 heteroatoms. The number of thioether (sulfide) groups is 1. The number of ether oxygens (including phenoxy) is 2. The molecule has 0 saturated carbocycles. The van der Waals surface area contributed by atoms with Gasteiger partial charge in [0, 0.05) is 26.5 Å². The van der Waals surface area contributed by atoms with E-state index >= 15 is 0 Å². The minimum Gasteiger partial charge on any atom is -0.480 e. The Kier molecular flexibility index (Phi) is 12.6. The first-order valence-electron chi connectivity index (χ1n) is 16.0. The van der Waals surface area contributed by atoms with Crippen molar-refractivity contribution in [2.45, 2.75) is 106 Å². The molecule has 0 spiro atoms. The highest BCUT2D eigenvalue weighted by atomic mass is 32.2. The van der Waals surface area contributed by atoms with E-state index < -0.39 is 45.5 Å². The molecule has 5 rings (SSSR count). The van der Waals surface area contributed by atoms with Crippen LogP contribution in [-0.2, 0) is 31.6 Å². The molecule has 252 valence electrons. The topological polar surface area (TPSA) is 148 Å². The molecule has 4 N–H and O–H groups in total. The summed E-state index contributed by atoms with van der Waals surface area (Å²) in [4.78, 5) is 37.5. The third-order valence-corrected chi connectivity index (χ3v) is 11.8. The minimum atomic E-state index is -1.03. The van der Waals surface area contributed by atoms with Crippen LogP contribution < -0.4 is 20.5 Å². The highest BCUT2D eigenvalue weighted by molar-refractivity contribution is 8.01. The highest BCUT2D eigenvalue weighted by Crippen LogP contribution is 2.50. The molecule has 0 bridgehead atoms. The summed E-state index contributed by atoms with van der Waals surface area (Å²) in [6, 6.07) is 12.4. The number of β-lactam (4-membered cyclic amide) rings is 1. The monoisotopic (exact) mass is 673 g/mol. The number of hydrogen-bond acceptors (Lipinski definition) is 8. The molecule has 3 aliphatic rings. The standard InChI is InChI=1S/C18H28O3S.C16H19N3O4S/c1-3-4-5-6-7-8-11-22(19)15(2)12-16-9-10-17-18(13-16)21-14-20-17;1-16(2)11(15(22)23)19-13(21)10(14(19)24-16)18-12(20)9(17)8-6-4-3-5-7-8/h9-10,13,15H,3-8,11-12,14H2,1-2H3;3-7,9-11,14H,17H2,1-2H3,(H,18,20)(H,22,23)/t;9-,10-,11+,14-/m.1/s1. The molecular formula is C34H47N3O7S2. The summed E-state index contributed by atoms with van der Waals surface area (Å²) in [5.41, 5.74) is 7.77. The van der Waals surface area contributed by atoms with E-state index in [4.69, 9.17) is 15.2 Å². The zero-order valence-corrected chi connectivity index (χ0v) is 28.7. The van der Waals surface area contributed by atoms with Gasteiger partial charge in [0.15, 0.2) is 11.5 Å². The fraction of sp³-hybridized carbons (Fsp3) is 0.559. The molecule has 3 heterocycles. The largest absolute Gasteiger partial charge is 0.480 e. The number of amides is 2. The molecule has 0 aromatic heterocycles. The Balaban J connectivity index is 0.000000210. The van der Waals surface area contributed by atoms with Crippen molar-refractivity contribution in [1.82, 2.24) is 10.2 Å². The first-order chi connectivity index (χ1) is 21.9. The molecule has 2 fully saturated rings. The number of carbonyl (C=O) groups is 3. The maximum atomic E-state index is 12.3. The number of hydrogen-bond donors (Lipinski definition) is 3. The lowest BCUT2D eigenvalue weighted by Crippen LogP contribution is -2.71. The van der Waals surface area contributed by atoms with E-state index in [1.807, 2.05) is 24.3 Å². The van der Waals surface area contributed by atoms with Gasteiger partial charge in [0.1, 0.15) is 23.5 Å². The Morgan fingerprint density at radius 1 is 1.09 bits per heavy atom. The molecule has 2 aromatic carbocycles. The number of carbonyl (C=O) groups excluding carboxylic acids is 2. The third-order valence-electron chi connectivity index (χ3n) is 8.52. The van der Waals surface area contributed by atoms with Crippen molar-refractivity contribution in [3.05, 3.63) is 59.7 Å². The van der Waals surface area contributed by atoms with E-state index in [2.05, 4.69) is 19.2 Å². The van der Waals surface area contributed by atoms with Crippen LogP contribution in [-0.4, -0.2) is 72.0 Å². The molecule has 6 atom stereocenters. The second-order valence-corrected chi connectivity index (χ2v) is 16.3. The van der Waals surface area contributed by atoms with Crippen molar-refractivity contribution in [3.63, 3.8) is 0 Å². The number of carboxylic acids is 1. The molecule has 0 aliphatic carbocycles. The third kappa shape index (κ3) is 8.63. The first-order valence-corrected chi connectivity index (χ1v) is 18.3. The van der Waals surface area contributed by atoms with Crippen molar-refractivity contribution < 1.29 is 33.2 Å². The predicted molar refractivity (Wildman–Crippen MR) is 181 cm³/mol. The van der Waals surface area contributed by atoms with Gasteiger partial charge in [0.25, 0.3) is 0 Å². The lowest BCUT2D eigenvalue weighted by atomic mass is 9.95. The van der Waals surface area contributed by atoms with Gasteiger partial charge in [-0.3, -0.25) is 13.8 Å². The number of fused-ring (bicyclic) bond motifs is 2. The molecule has 2 amide bonds. The number of nitrogens with two attached hydrogens (primary N) is 1. The van der Waals surface area contributed by atoms with Crippen LogP contribution >= 0.6 is 11.8 Å². The van der Waals surface area contributed by atoms with E-state index in [1.165, 1.54) is 54.3 Å². The van der Waals surface area contributed by atoms with Crippen LogP contribution in [0.2, 0.25) is 0 Å². The fourth-order valence-electron chi connectivity index (χ4n) is 5.92. The van der Waals surface area contributed by atoms with Crippen LogP contribution in [0.5, 0.6) is 11.5 Å². The van der Waals surface area contributed by atoms with E-state index in [0.29, 0.717) is 12.4 Å². The van der Waals surface area contributed by atoms with Crippen molar-refractivity contribution in [2.24, 2.45) is 5.73 Å². The maximum Gasteiger partial charge on any atom is 0.327 e. The van der Waals surface area contributed by atoms with Crippen LogP contribution in [0.25, 0.3) is 0 Å². The number of rotatable bonds is 14. The van der Waals surface area contributed by atoms with Gasteiger partial charge in [0.05, 0.1) is 0 Å². The van der Waals surface area contributed by atoms with Crippen molar-refractivity contribution in [1.29, 1.82) is 0 Å². The summed E-state index contributed by atoms with van der Waals surface area (Å²) in [5.74, 6) is 0.596. The zero-order chi connectivity index (χ0) is 33.4. The lowest BCUT2D eigenvalue weighted by Gasteiger charge is -2.43. The summed E-state index contributed by atoms with van der Waals surface area (Å²) in [5, 5.41) is 11.9. The van der Waals surface area contributed by atoms with Gasteiger partial charge in [0.2, 0.25) is 18.6 Å². The van der Waals surface area contributed by atoms with Crippen LogP contribution in [0.4, 0.5) is 0 Å². The number of nitrogens with zero attached hydrogens (tertiary/aromatic N) is 1. The first kappa shape index (κ1) is 35.8. The highest BCUT2D eigenvalue weighted by Gasteiger charge is 2.64. The van der Waals surface area contributed by atoms with Crippen LogP contribution in [0.15, 0.2) is 48.5 Å². The van der Waals surface area contributed by atoms with Gasteiger partial charge >= 0.3 is 5.97 Å². The number of benzene rings is 2. The molecule has 46 heavy (non-hydrogen) atoms. The fourth-order valence-corrected chi connectivity index (χ4v) is 8.81. The summed E-state index contributed by atoms with van der Waals surface area (Å²) in [6.07, 6.45) is 8.32. The average Bonchev–Trinajstić information content (AvgIpc) is 3.61. The minimum absolute atomic E-state index is 0.191. The average molecular weight is 674 g/mol. The summed E-state index contributed by atoms with van der Waals surface area (Å²) >= 11 is 1.38. The smallest absolute Gasteiger partial charge is 0.327 e. The number of aliphatic carboxylic acids is 1. The maximum absolute atomic E-state index is 12.3. The van der Waals surface area contributed by atoms with Gasteiger partial charge in [-0.25, -0.2) is 4.79 Å². The molecule has 2 saturated heterocycles. The summed E-state index contributed by atoms with van der Waals surface area (Å²) < 4.78 is 22.4. The Labute approximate surface area is 278 Å². The Morgan fingerprint density at radius 2 is 1.76 bits per heavy atom. The SMILES string of the molecule is CC1(C)S[C@@H]2[C@H](NC(=O)[C@H](N)c3ccccc3)C(=O)N2[C@H]1C(=O)O.CCCCCCCCS(=O)C(C)Cc1ccc2c(c1)OCO2. The lowest BCUT2D eigenvalue weighted by molar-refractivity contribution is -0.161. The molecule has 10 nitrogen and oxygen atoms in total. The summed E-state index contributed by atoms with van der Waals surface area (Å²) in [7, 11) is -0.743. The molecule has 2 aromatic rings. The predicted octanol–water partition coefficient (Wildman–Crippen LogP) is 4.77. The van der Waals surface area contributed by atoms with Gasteiger partial charge in [-0.15, -0.1) is 11.8 Å². The van der Waals surface area contributed by atoms with Crippen molar-refractivity contribution >= 4 is 40.3 Å². The van der Waals surface area contributed by atoms with E-state index in [1.54, 1.807) is 38.1 Å². The molecular weight excluding hydrogens is 627 g/mol. The second kappa shape index (κ2) is 16.1. The van der Waals surface area contributed by atoms with Gasteiger partial charge in [-0.1, -0.05) is 82.3 Å². The van der Waals surface area contributed by atoms with E-state index in [9.17, 15) is 23.7 Å². The Bertz CT molecular complexity index is 1390. The normalized spacial score (nSPS) is 22.5. The van der Waals surface area contributed by atoms with Crippen molar-refractivity contribution in [2.75, 3.05) is 12.5 Å². The second-order valence-electron chi connectivity index (χ2n) is 12.5. The number of carboxylic acid groups (broad SMARTS) is 1. The Hall–Kier alpha value is -3.09. The molecule has 3 aliphatic heterocycles. The van der Waals surface area contributed by atoms with Crippen LogP contribution in [0.1, 0.15) is 83.4 Å². The quantitative estimate of drug-likeness (QED) is 0.190. The summed E-state index contributed by atoms with van der Waals surface area (Å²) in [6.45, 7) is 8.19. The zero-order valence-electron chi connectivity index (χ0n) is 27.1. The molecule has 2 unspecified atom stereocenters. The molecule has 0 radical (unpaired) electrons.